The molecule has 0 fully saturated rings. The van der Waals surface area contributed by atoms with E-state index >= 15 is 0 Å². The zero-order chi connectivity index (χ0) is 19.2. The standard InChI is InChI=1S/C22H23N3OS/c1-3-16(2)17-10-12-18(13-11-17)25-21(26)19-8-4-5-9-20(19)24-22(25)27-15-7-6-14-23/h4-5,8-13,16H,3,6-7,15H2,1-2H3/t16-/m1/s1. The lowest BCUT2D eigenvalue weighted by Crippen LogP contribution is -2.21. The van der Waals surface area contributed by atoms with E-state index in [1.807, 2.05) is 36.4 Å². The van der Waals surface area contributed by atoms with Gasteiger partial charge in [0, 0.05) is 12.2 Å². The molecule has 0 amide bonds. The molecule has 0 saturated heterocycles. The Balaban J connectivity index is 2.07. The van der Waals surface area contributed by atoms with E-state index in [4.69, 9.17) is 10.2 Å². The molecule has 3 aromatic rings. The van der Waals surface area contributed by atoms with Crippen molar-refractivity contribution in [3.63, 3.8) is 0 Å². The molecule has 1 atom stereocenters. The van der Waals surface area contributed by atoms with Crippen molar-refractivity contribution >= 4 is 22.7 Å². The Kier molecular flexibility index (Phi) is 6.31. The smallest absolute Gasteiger partial charge is 0.266 e. The summed E-state index contributed by atoms with van der Waals surface area (Å²) in [5.41, 5.74) is 2.75. The Bertz CT molecular complexity index is 1020. The lowest BCUT2D eigenvalue weighted by atomic mass is 9.98. The summed E-state index contributed by atoms with van der Waals surface area (Å²) in [6, 6.07) is 17.8. The van der Waals surface area contributed by atoms with Crippen LogP contribution in [-0.2, 0) is 0 Å². The van der Waals surface area contributed by atoms with Crippen LogP contribution in [0.3, 0.4) is 0 Å². The van der Waals surface area contributed by atoms with Crippen LogP contribution in [0.5, 0.6) is 0 Å². The molecule has 2 aromatic carbocycles. The topological polar surface area (TPSA) is 58.7 Å². The van der Waals surface area contributed by atoms with Gasteiger partial charge in [-0.3, -0.25) is 9.36 Å². The van der Waals surface area contributed by atoms with Crippen LogP contribution in [0.4, 0.5) is 0 Å². The lowest BCUT2D eigenvalue weighted by molar-refractivity contribution is 0.732. The minimum Gasteiger partial charge on any atom is -0.268 e. The maximum absolute atomic E-state index is 13.2. The third-order valence-corrected chi connectivity index (χ3v) is 5.77. The molecule has 0 bridgehead atoms. The van der Waals surface area contributed by atoms with Gasteiger partial charge in [-0.1, -0.05) is 49.9 Å². The molecular weight excluding hydrogens is 354 g/mol. The molecule has 0 unspecified atom stereocenters. The number of benzene rings is 2. The number of unbranched alkanes of at least 4 members (excludes halogenated alkanes) is 1. The fraction of sp³-hybridized carbons (Fsp3) is 0.318. The first-order valence-electron chi connectivity index (χ1n) is 9.27. The van der Waals surface area contributed by atoms with Crippen molar-refractivity contribution < 1.29 is 0 Å². The van der Waals surface area contributed by atoms with Gasteiger partial charge in [0.05, 0.1) is 22.7 Å². The Morgan fingerprint density at radius 1 is 1.19 bits per heavy atom. The van der Waals surface area contributed by atoms with Crippen LogP contribution < -0.4 is 5.56 Å². The van der Waals surface area contributed by atoms with E-state index in [1.54, 1.807) is 4.57 Å². The summed E-state index contributed by atoms with van der Waals surface area (Å²) in [5.74, 6) is 1.24. The summed E-state index contributed by atoms with van der Waals surface area (Å²) in [6.45, 7) is 4.38. The molecule has 5 heteroatoms. The highest BCUT2D eigenvalue weighted by Crippen LogP contribution is 2.24. The van der Waals surface area contributed by atoms with E-state index in [2.05, 4.69) is 32.0 Å². The number of nitrogens with zero attached hydrogens (tertiary/aromatic N) is 3. The largest absolute Gasteiger partial charge is 0.268 e. The minimum absolute atomic E-state index is 0.0559. The van der Waals surface area contributed by atoms with Crippen LogP contribution in [0, 0.1) is 11.3 Å². The quantitative estimate of drug-likeness (QED) is 0.319. The molecule has 0 radical (unpaired) electrons. The molecule has 0 aliphatic heterocycles. The van der Waals surface area contributed by atoms with Crippen LogP contribution in [-0.4, -0.2) is 15.3 Å². The maximum Gasteiger partial charge on any atom is 0.266 e. The molecule has 27 heavy (non-hydrogen) atoms. The molecule has 3 rings (SSSR count). The summed E-state index contributed by atoms with van der Waals surface area (Å²) in [7, 11) is 0. The SMILES string of the molecule is CC[C@@H](C)c1ccc(-n2c(SCCCC#N)nc3ccccc3c2=O)cc1. The highest BCUT2D eigenvalue weighted by Gasteiger charge is 2.13. The zero-order valence-electron chi connectivity index (χ0n) is 15.7. The average Bonchev–Trinajstić information content (AvgIpc) is 2.71. The molecule has 0 aliphatic carbocycles. The molecule has 4 nitrogen and oxygen atoms in total. The lowest BCUT2D eigenvalue weighted by Gasteiger charge is -2.15. The predicted octanol–water partition coefficient (Wildman–Crippen LogP) is 5.30. The predicted molar refractivity (Wildman–Crippen MR) is 112 cm³/mol. The van der Waals surface area contributed by atoms with E-state index in [0.717, 1.165) is 24.3 Å². The molecule has 0 saturated carbocycles. The van der Waals surface area contributed by atoms with Gasteiger partial charge < -0.3 is 0 Å². The summed E-state index contributed by atoms with van der Waals surface area (Å²) in [4.78, 5) is 17.9. The van der Waals surface area contributed by atoms with E-state index < -0.39 is 0 Å². The van der Waals surface area contributed by atoms with Gasteiger partial charge in [-0.05, 0) is 48.6 Å². The van der Waals surface area contributed by atoms with Gasteiger partial charge in [0.25, 0.3) is 5.56 Å². The molecule has 0 N–H and O–H groups in total. The van der Waals surface area contributed by atoms with Crippen LogP contribution in [0.25, 0.3) is 16.6 Å². The van der Waals surface area contributed by atoms with Gasteiger partial charge in [0.1, 0.15) is 0 Å². The first-order valence-corrected chi connectivity index (χ1v) is 10.3. The first-order chi connectivity index (χ1) is 13.2. The number of para-hydroxylation sites is 1. The number of nitriles is 1. The Morgan fingerprint density at radius 3 is 2.63 bits per heavy atom. The Morgan fingerprint density at radius 2 is 1.93 bits per heavy atom. The summed E-state index contributed by atoms with van der Waals surface area (Å²) in [6.07, 6.45) is 2.36. The van der Waals surface area contributed by atoms with Gasteiger partial charge in [-0.2, -0.15) is 5.26 Å². The fourth-order valence-electron chi connectivity index (χ4n) is 2.94. The van der Waals surface area contributed by atoms with Gasteiger partial charge in [-0.25, -0.2) is 4.98 Å². The number of rotatable bonds is 7. The second-order valence-electron chi connectivity index (χ2n) is 6.56. The van der Waals surface area contributed by atoms with Crippen molar-refractivity contribution in [3.05, 3.63) is 64.4 Å². The van der Waals surface area contributed by atoms with Crippen molar-refractivity contribution in [1.29, 1.82) is 5.26 Å². The van der Waals surface area contributed by atoms with E-state index in [-0.39, 0.29) is 5.56 Å². The number of thioether (sulfide) groups is 1. The van der Waals surface area contributed by atoms with Crippen LogP contribution in [0.1, 0.15) is 44.6 Å². The number of aromatic nitrogens is 2. The highest BCUT2D eigenvalue weighted by molar-refractivity contribution is 7.99. The third kappa shape index (κ3) is 4.23. The van der Waals surface area contributed by atoms with E-state index in [0.29, 0.717) is 28.4 Å². The molecular formula is C22H23N3OS. The van der Waals surface area contributed by atoms with Crippen LogP contribution >= 0.6 is 11.8 Å². The second-order valence-corrected chi connectivity index (χ2v) is 7.63. The van der Waals surface area contributed by atoms with E-state index in [9.17, 15) is 4.79 Å². The fourth-order valence-corrected chi connectivity index (χ4v) is 3.89. The van der Waals surface area contributed by atoms with Crippen LogP contribution in [0.15, 0.2) is 58.5 Å². The molecule has 0 spiro atoms. The molecule has 138 valence electrons. The minimum atomic E-state index is -0.0559. The second kappa shape index (κ2) is 8.88. The average molecular weight is 378 g/mol. The van der Waals surface area contributed by atoms with Crippen molar-refractivity contribution in [3.8, 4) is 11.8 Å². The first kappa shape index (κ1) is 19.2. The number of hydrogen-bond acceptors (Lipinski definition) is 4. The van der Waals surface area contributed by atoms with Crippen LogP contribution in [0.2, 0.25) is 0 Å². The van der Waals surface area contributed by atoms with Crippen molar-refractivity contribution in [2.45, 2.75) is 44.2 Å². The molecule has 1 heterocycles. The maximum atomic E-state index is 13.2. The summed E-state index contributed by atoms with van der Waals surface area (Å²) in [5, 5.41) is 10.0. The number of hydrogen-bond donors (Lipinski definition) is 0. The monoisotopic (exact) mass is 377 g/mol. The van der Waals surface area contributed by atoms with Crippen molar-refractivity contribution in [1.82, 2.24) is 9.55 Å². The normalized spacial score (nSPS) is 12.0. The van der Waals surface area contributed by atoms with Crippen molar-refractivity contribution in [2.24, 2.45) is 0 Å². The highest BCUT2D eigenvalue weighted by atomic mass is 32.2. The van der Waals surface area contributed by atoms with Crippen molar-refractivity contribution in [2.75, 3.05) is 5.75 Å². The number of fused-ring (bicyclic) bond motifs is 1. The van der Waals surface area contributed by atoms with Gasteiger partial charge in [-0.15, -0.1) is 0 Å². The van der Waals surface area contributed by atoms with Gasteiger partial charge in [0.15, 0.2) is 5.16 Å². The zero-order valence-corrected chi connectivity index (χ0v) is 16.5. The van der Waals surface area contributed by atoms with Gasteiger partial charge in [0.2, 0.25) is 0 Å². The third-order valence-electron chi connectivity index (χ3n) is 4.74. The molecule has 1 aromatic heterocycles. The van der Waals surface area contributed by atoms with Gasteiger partial charge >= 0.3 is 0 Å². The Hall–Kier alpha value is -2.58. The van der Waals surface area contributed by atoms with E-state index in [1.165, 1.54) is 17.3 Å². The Labute approximate surface area is 163 Å². The molecule has 0 aliphatic rings. The summed E-state index contributed by atoms with van der Waals surface area (Å²) >= 11 is 1.53. The summed E-state index contributed by atoms with van der Waals surface area (Å²) < 4.78 is 1.69.